The van der Waals surface area contributed by atoms with Gasteiger partial charge in [0.25, 0.3) is 11.2 Å². The molecular formula is C31H26IN3O7S. The summed E-state index contributed by atoms with van der Waals surface area (Å²) < 4.78 is 19.4. The van der Waals surface area contributed by atoms with E-state index < -0.39 is 16.9 Å². The molecule has 0 saturated carbocycles. The number of allylic oxidation sites excluding steroid dienone is 1. The molecule has 10 nitrogen and oxygen atoms in total. The van der Waals surface area contributed by atoms with Crippen LogP contribution in [0.1, 0.15) is 36.1 Å². The maximum atomic E-state index is 13.9. The van der Waals surface area contributed by atoms with Crippen molar-refractivity contribution in [2.45, 2.75) is 26.0 Å². The number of carbonyl (C=O) groups is 1. The van der Waals surface area contributed by atoms with E-state index in [1.807, 2.05) is 43.3 Å². The average molecular weight is 712 g/mol. The van der Waals surface area contributed by atoms with E-state index in [1.54, 1.807) is 28.8 Å². The third-order valence-electron chi connectivity index (χ3n) is 6.82. The zero-order valence-electron chi connectivity index (χ0n) is 23.4. The molecule has 3 aromatic carbocycles. The highest BCUT2D eigenvalue weighted by molar-refractivity contribution is 14.1. The Labute approximate surface area is 263 Å². The number of non-ortho nitro benzene ring substituents is 1. The van der Waals surface area contributed by atoms with Crippen molar-refractivity contribution >= 4 is 51.7 Å². The van der Waals surface area contributed by atoms with Crippen LogP contribution >= 0.6 is 33.9 Å². The molecule has 1 aliphatic heterocycles. The third kappa shape index (κ3) is 6.11. The Morgan fingerprint density at radius 2 is 1.91 bits per heavy atom. The van der Waals surface area contributed by atoms with Crippen LogP contribution < -0.4 is 24.4 Å². The highest BCUT2D eigenvalue weighted by Gasteiger charge is 2.33. The van der Waals surface area contributed by atoms with Gasteiger partial charge in [-0.15, -0.1) is 0 Å². The zero-order valence-corrected chi connectivity index (χ0v) is 26.4. The number of ether oxygens (including phenoxy) is 3. The van der Waals surface area contributed by atoms with E-state index in [0.29, 0.717) is 49.7 Å². The molecule has 0 saturated heterocycles. The van der Waals surface area contributed by atoms with E-state index in [0.717, 1.165) is 9.13 Å². The molecule has 1 aliphatic rings. The quantitative estimate of drug-likeness (QED) is 0.105. The Bertz CT molecular complexity index is 1930. The minimum atomic E-state index is -0.679. The average Bonchev–Trinajstić information content (AvgIpc) is 3.33. The number of aromatic nitrogens is 1. The summed E-state index contributed by atoms with van der Waals surface area (Å²) in [6, 6.07) is 18.5. The van der Waals surface area contributed by atoms with Gasteiger partial charge in [-0.05, 0) is 63.9 Å². The second-order valence-corrected chi connectivity index (χ2v) is 11.6. The van der Waals surface area contributed by atoms with E-state index in [1.165, 1.54) is 37.7 Å². The van der Waals surface area contributed by atoms with Crippen LogP contribution in [-0.4, -0.2) is 29.7 Å². The fourth-order valence-electron chi connectivity index (χ4n) is 4.84. The number of esters is 1. The van der Waals surface area contributed by atoms with Crippen molar-refractivity contribution in [3.05, 3.63) is 128 Å². The fourth-order valence-corrected chi connectivity index (χ4v) is 6.65. The highest BCUT2D eigenvalue weighted by atomic mass is 127. The van der Waals surface area contributed by atoms with Crippen LogP contribution in [0.5, 0.6) is 11.5 Å². The number of halogens is 1. The summed E-state index contributed by atoms with van der Waals surface area (Å²) >= 11 is 3.37. The van der Waals surface area contributed by atoms with Crippen LogP contribution in [-0.2, 0) is 16.1 Å². The van der Waals surface area contributed by atoms with E-state index >= 15 is 0 Å². The van der Waals surface area contributed by atoms with Crippen molar-refractivity contribution < 1.29 is 23.9 Å². The first kappa shape index (κ1) is 30.2. The molecule has 0 aliphatic carbocycles. The van der Waals surface area contributed by atoms with E-state index in [9.17, 15) is 19.7 Å². The Kier molecular flexibility index (Phi) is 9.06. The van der Waals surface area contributed by atoms with Gasteiger partial charge in [0.2, 0.25) is 0 Å². The molecule has 2 heterocycles. The van der Waals surface area contributed by atoms with Crippen molar-refractivity contribution in [2.24, 2.45) is 4.99 Å². The molecule has 1 aromatic heterocycles. The van der Waals surface area contributed by atoms with E-state index in [-0.39, 0.29) is 17.9 Å². The first-order chi connectivity index (χ1) is 20.7. The first-order valence-corrected chi connectivity index (χ1v) is 15.1. The summed E-state index contributed by atoms with van der Waals surface area (Å²) in [5.41, 5.74) is 2.74. The van der Waals surface area contributed by atoms with Gasteiger partial charge < -0.3 is 14.2 Å². The minimum absolute atomic E-state index is 0.0150. The maximum absolute atomic E-state index is 13.9. The Hall–Kier alpha value is -4.30. The molecule has 0 radical (unpaired) electrons. The molecule has 1 atom stereocenters. The van der Waals surface area contributed by atoms with Crippen LogP contribution in [0.4, 0.5) is 5.69 Å². The second-order valence-electron chi connectivity index (χ2n) is 9.45. The van der Waals surface area contributed by atoms with Crippen molar-refractivity contribution in [2.75, 3.05) is 14.2 Å². The summed E-state index contributed by atoms with van der Waals surface area (Å²) in [5.74, 6) is 0.399. The second kappa shape index (κ2) is 12.9. The molecule has 0 spiro atoms. The number of nitro benzene ring substituents is 1. The smallest absolute Gasteiger partial charge is 0.338 e. The van der Waals surface area contributed by atoms with Crippen LogP contribution in [0.2, 0.25) is 0 Å². The molecule has 0 bridgehead atoms. The number of thiazole rings is 1. The number of carbonyl (C=O) groups excluding carboxylic acids is 1. The topological polar surface area (TPSA) is 122 Å². The molecule has 4 aromatic rings. The first-order valence-electron chi connectivity index (χ1n) is 13.2. The SMILES string of the molecule is CCC1=C(C(=O)OC)[C@H](c2ccccc2)n2c(s/c(=C\c3cc(I)c(OCc4cccc([N+](=O)[O-])c4)c(OC)c3)c2=O)=N1. The molecule has 0 fully saturated rings. The van der Waals surface area contributed by atoms with Gasteiger partial charge in [0, 0.05) is 12.1 Å². The minimum Gasteiger partial charge on any atom is -0.493 e. The molecule has 0 unspecified atom stereocenters. The molecule has 43 heavy (non-hydrogen) atoms. The predicted octanol–water partition coefficient (Wildman–Crippen LogP) is 4.90. The van der Waals surface area contributed by atoms with Gasteiger partial charge in [-0.3, -0.25) is 19.5 Å². The maximum Gasteiger partial charge on any atom is 0.338 e. The van der Waals surface area contributed by atoms with Gasteiger partial charge in [0.05, 0.1) is 44.6 Å². The summed E-state index contributed by atoms with van der Waals surface area (Å²) in [4.78, 5) is 42.7. The van der Waals surface area contributed by atoms with Crippen LogP contribution in [0.25, 0.3) is 6.08 Å². The Balaban J connectivity index is 1.56. The van der Waals surface area contributed by atoms with Crippen LogP contribution in [0.15, 0.2) is 87.8 Å². The van der Waals surface area contributed by atoms with Crippen LogP contribution in [0, 0.1) is 13.7 Å². The summed E-state index contributed by atoms with van der Waals surface area (Å²) in [5, 5.41) is 11.1. The number of methoxy groups -OCH3 is 2. The van der Waals surface area contributed by atoms with Gasteiger partial charge in [-0.25, -0.2) is 9.79 Å². The Morgan fingerprint density at radius 1 is 1.14 bits per heavy atom. The van der Waals surface area contributed by atoms with Crippen LogP contribution in [0.3, 0.4) is 0 Å². The molecule has 12 heteroatoms. The lowest BCUT2D eigenvalue weighted by atomic mass is 9.95. The van der Waals surface area contributed by atoms with Crippen molar-refractivity contribution in [1.82, 2.24) is 4.57 Å². The molecule has 5 rings (SSSR count). The molecule has 220 valence electrons. The summed E-state index contributed by atoms with van der Waals surface area (Å²) in [6.07, 6.45) is 2.25. The number of nitrogens with zero attached hydrogens (tertiary/aromatic N) is 3. The monoisotopic (exact) mass is 711 g/mol. The number of benzene rings is 3. The van der Waals surface area contributed by atoms with Crippen molar-refractivity contribution in [1.29, 1.82) is 0 Å². The lowest BCUT2D eigenvalue weighted by molar-refractivity contribution is -0.384. The van der Waals surface area contributed by atoms with Gasteiger partial charge in [0.15, 0.2) is 16.3 Å². The number of fused-ring (bicyclic) bond motifs is 1. The molecule has 0 amide bonds. The summed E-state index contributed by atoms with van der Waals surface area (Å²) in [6.45, 7) is 2.02. The highest BCUT2D eigenvalue weighted by Crippen LogP contribution is 2.35. The normalized spacial score (nSPS) is 14.6. The van der Waals surface area contributed by atoms with Gasteiger partial charge in [-0.2, -0.15) is 0 Å². The van der Waals surface area contributed by atoms with Gasteiger partial charge >= 0.3 is 5.97 Å². The lowest BCUT2D eigenvalue weighted by Crippen LogP contribution is -2.40. The van der Waals surface area contributed by atoms with Crippen molar-refractivity contribution in [3.63, 3.8) is 0 Å². The lowest BCUT2D eigenvalue weighted by Gasteiger charge is -2.25. The van der Waals surface area contributed by atoms with Gasteiger partial charge in [-0.1, -0.05) is 60.7 Å². The zero-order chi connectivity index (χ0) is 30.7. The fraction of sp³-hybridized carbons (Fsp3) is 0.194. The number of rotatable bonds is 9. The standard InChI is InChI=1S/C31H26IN3O7S/c1-4-23-26(30(37)41-3)27(20-10-6-5-7-11-20)34-29(36)25(43-31(34)33-23)16-19-14-22(32)28(24(15-19)40-2)42-17-18-9-8-12-21(13-18)35(38)39/h5-16,27H,4,17H2,1-3H3/b25-16-/t27-/m0/s1. The molecular weight excluding hydrogens is 685 g/mol. The van der Waals surface area contributed by atoms with Gasteiger partial charge in [0.1, 0.15) is 6.61 Å². The largest absolute Gasteiger partial charge is 0.493 e. The number of nitro groups is 1. The third-order valence-corrected chi connectivity index (χ3v) is 8.60. The molecule has 0 N–H and O–H groups in total. The van der Waals surface area contributed by atoms with E-state index in [4.69, 9.17) is 19.2 Å². The number of hydrogen-bond acceptors (Lipinski definition) is 9. The summed E-state index contributed by atoms with van der Waals surface area (Å²) in [7, 11) is 2.84. The van der Waals surface area contributed by atoms with Crippen molar-refractivity contribution in [3.8, 4) is 11.5 Å². The van der Waals surface area contributed by atoms with E-state index in [2.05, 4.69) is 22.6 Å². The number of hydrogen-bond donors (Lipinski definition) is 0. The predicted molar refractivity (Wildman–Crippen MR) is 170 cm³/mol. The Morgan fingerprint density at radius 3 is 2.58 bits per heavy atom.